The van der Waals surface area contributed by atoms with E-state index in [0.29, 0.717) is 48.4 Å². The molecule has 6 rings (SSSR count). The van der Waals surface area contributed by atoms with Crippen molar-refractivity contribution in [2.24, 2.45) is 0 Å². The van der Waals surface area contributed by atoms with Gasteiger partial charge in [0.15, 0.2) is 11.6 Å². The zero-order valence-corrected chi connectivity index (χ0v) is 22.4. The van der Waals surface area contributed by atoms with Crippen molar-refractivity contribution in [2.75, 3.05) is 38.1 Å². The van der Waals surface area contributed by atoms with Crippen LogP contribution in [0.25, 0.3) is 0 Å². The molecule has 39 heavy (non-hydrogen) atoms. The van der Waals surface area contributed by atoms with Crippen molar-refractivity contribution in [3.05, 3.63) is 70.0 Å². The highest BCUT2D eigenvalue weighted by atomic mass is 35.5. The molecule has 2 saturated heterocycles. The lowest BCUT2D eigenvalue weighted by Gasteiger charge is -2.37. The molecule has 1 atom stereocenters. The van der Waals surface area contributed by atoms with Crippen LogP contribution in [0, 0.1) is 5.82 Å². The minimum atomic E-state index is -0.654. The molecule has 1 amide bonds. The molecule has 3 aliphatic rings. The zero-order chi connectivity index (χ0) is 26.8. The molecular formula is C28H33ClFN7O2. The number of piperidine rings is 2. The second-order valence-corrected chi connectivity index (χ2v) is 10.9. The number of hydrogen-bond acceptors (Lipinski definition) is 7. The van der Waals surface area contributed by atoms with E-state index in [-0.39, 0.29) is 17.3 Å². The van der Waals surface area contributed by atoms with Crippen molar-refractivity contribution in [1.82, 2.24) is 31.1 Å². The van der Waals surface area contributed by atoms with E-state index in [4.69, 9.17) is 21.3 Å². The Hall–Kier alpha value is -3.21. The molecule has 2 fully saturated rings. The summed E-state index contributed by atoms with van der Waals surface area (Å²) < 4.78 is 21.6. The van der Waals surface area contributed by atoms with Crippen molar-refractivity contribution in [3.8, 4) is 5.75 Å². The van der Waals surface area contributed by atoms with Crippen LogP contribution in [0.5, 0.6) is 5.75 Å². The number of anilines is 1. The van der Waals surface area contributed by atoms with Gasteiger partial charge in [0.05, 0.1) is 28.9 Å². The van der Waals surface area contributed by atoms with Crippen LogP contribution in [-0.4, -0.2) is 53.9 Å². The fourth-order valence-corrected chi connectivity index (χ4v) is 6.09. The Balaban J connectivity index is 1.25. The molecule has 2 aromatic carbocycles. The number of nitrogens with one attached hydrogen (secondary N) is 5. The van der Waals surface area contributed by atoms with Gasteiger partial charge in [-0.05, 0) is 70.1 Å². The Morgan fingerprint density at radius 2 is 1.82 bits per heavy atom. The summed E-state index contributed by atoms with van der Waals surface area (Å²) in [5.41, 5.74) is 0.372. The first-order valence-corrected chi connectivity index (χ1v) is 14.0. The summed E-state index contributed by atoms with van der Waals surface area (Å²) >= 11 is 6.28. The van der Waals surface area contributed by atoms with E-state index in [9.17, 15) is 4.79 Å². The lowest BCUT2D eigenvalue weighted by Crippen LogP contribution is -2.46. The van der Waals surface area contributed by atoms with Gasteiger partial charge >= 0.3 is 0 Å². The number of aromatic nitrogens is 3. The van der Waals surface area contributed by atoms with Gasteiger partial charge in [-0.15, -0.1) is 0 Å². The number of H-pyrrole nitrogens is 1. The normalized spacial score (nSPS) is 21.0. The molecule has 0 bridgehead atoms. The molecule has 3 aliphatic heterocycles. The van der Waals surface area contributed by atoms with Gasteiger partial charge in [-0.1, -0.05) is 29.8 Å². The van der Waals surface area contributed by atoms with Gasteiger partial charge in [0.2, 0.25) is 0 Å². The highest BCUT2D eigenvalue weighted by Gasteiger charge is 2.39. The Kier molecular flexibility index (Phi) is 7.42. The third kappa shape index (κ3) is 5.20. The predicted molar refractivity (Wildman–Crippen MR) is 147 cm³/mol. The van der Waals surface area contributed by atoms with Crippen LogP contribution in [0.15, 0.2) is 36.4 Å². The first-order chi connectivity index (χ1) is 19.0. The lowest BCUT2D eigenvalue weighted by molar-refractivity contribution is 0.0920. The fourth-order valence-electron chi connectivity index (χ4n) is 5.86. The third-order valence-corrected chi connectivity index (χ3v) is 8.36. The molecule has 206 valence electrons. The number of hydrogen-bond donors (Lipinski definition) is 5. The number of amides is 1. The van der Waals surface area contributed by atoms with Gasteiger partial charge in [0.25, 0.3) is 5.91 Å². The third-order valence-electron chi connectivity index (χ3n) is 8.06. The summed E-state index contributed by atoms with van der Waals surface area (Å²) in [6, 6.07) is 9.98. The lowest BCUT2D eigenvalue weighted by atomic mass is 9.86. The van der Waals surface area contributed by atoms with Crippen molar-refractivity contribution >= 4 is 23.2 Å². The average molecular weight is 554 g/mol. The summed E-state index contributed by atoms with van der Waals surface area (Å²) in [6.07, 6.45) is 3.95. The van der Waals surface area contributed by atoms with Crippen molar-refractivity contribution in [2.45, 2.75) is 49.6 Å². The smallest absolute Gasteiger partial charge is 0.254 e. The monoisotopic (exact) mass is 553 g/mol. The van der Waals surface area contributed by atoms with Crippen LogP contribution in [0.1, 0.15) is 71.6 Å². The zero-order valence-electron chi connectivity index (χ0n) is 21.7. The topological polar surface area (TPSA) is 116 Å². The molecular weight excluding hydrogens is 521 g/mol. The highest BCUT2D eigenvalue weighted by Crippen LogP contribution is 2.38. The maximum atomic E-state index is 15.9. The minimum Gasteiger partial charge on any atom is -0.492 e. The first-order valence-electron chi connectivity index (χ1n) is 13.7. The van der Waals surface area contributed by atoms with Crippen LogP contribution in [0.4, 0.5) is 10.1 Å². The van der Waals surface area contributed by atoms with E-state index in [1.54, 1.807) is 18.2 Å². The molecule has 0 saturated carbocycles. The number of halogens is 2. The van der Waals surface area contributed by atoms with Gasteiger partial charge in [-0.2, -0.15) is 5.10 Å². The van der Waals surface area contributed by atoms with Crippen LogP contribution < -0.4 is 26.0 Å². The second-order valence-electron chi connectivity index (χ2n) is 10.5. The van der Waals surface area contributed by atoms with E-state index in [0.717, 1.165) is 50.4 Å². The molecule has 11 heteroatoms. The van der Waals surface area contributed by atoms with Crippen LogP contribution >= 0.6 is 11.6 Å². The van der Waals surface area contributed by atoms with Gasteiger partial charge in [0.1, 0.15) is 17.1 Å². The fraction of sp³-hybridized carbons (Fsp3) is 0.464. The highest BCUT2D eigenvalue weighted by molar-refractivity contribution is 6.32. The summed E-state index contributed by atoms with van der Waals surface area (Å²) in [4.78, 5) is 18.2. The van der Waals surface area contributed by atoms with Gasteiger partial charge in [-0.25, -0.2) is 9.37 Å². The number of benzene rings is 2. The molecule has 0 spiro atoms. The molecule has 0 aliphatic carbocycles. The van der Waals surface area contributed by atoms with Crippen molar-refractivity contribution in [3.63, 3.8) is 0 Å². The van der Waals surface area contributed by atoms with Crippen LogP contribution in [0.2, 0.25) is 5.02 Å². The average Bonchev–Trinajstić information content (AvgIpc) is 3.47. The number of ether oxygens (including phenoxy) is 1. The molecule has 0 radical (unpaired) electrons. The number of carbonyl (C=O) groups excluding carboxylic acids is 1. The predicted octanol–water partition coefficient (Wildman–Crippen LogP) is 4.01. The number of fused-ring (bicyclic) bond motifs is 1. The Labute approximate surface area is 231 Å². The van der Waals surface area contributed by atoms with Gasteiger partial charge in [-0.3, -0.25) is 9.89 Å². The van der Waals surface area contributed by atoms with E-state index in [1.165, 1.54) is 6.07 Å². The number of aromatic amines is 1. The van der Waals surface area contributed by atoms with E-state index < -0.39 is 17.3 Å². The quantitative estimate of drug-likeness (QED) is 0.313. The van der Waals surface area contributed by atoms with Gasteiger partial charge < -0.3 is 26.0 Å². The number of rotatable bonds is 6. The van der Waals surface area contributed by atoms with Crippen molar-refractivity contribution in [1.29, 1.82) is 0 Å². The maximum Gasteiger partial charge on any atom is 0.254 e. The minimum absolute atomic E-state index is 0.0236. The van der Waals surface area contributed by atoms with E-state index in [2.05, 4.69) is 31.5 Å². The molecule has 4 heterocycles. The number of para-hydroxylation sites is 1. The van der Waals surface area contributed by atoms with E-state index >= 15 is 4.39 Å². The summed E-state index contributed by atoms with van der Waals surface area (Å²) in [7, 11) is 0. The first kappa shape index (κ1) is 26.0. The number of carbonyl (C=O) groups is 1. The number of nitrogens with zero attached hydrogens (tertiary/aromatic N) is 2. The SMILES string of the molecule is O=C(N[C@@H]1CCOc2c(Cl)cccc21)c1cccc(NC2(c3n[nH]c(C4CCNCC4)n3)CCNCC2)c1F. The Morgan fingerprint density at radius 3 is 2.64 bits per heavy atom. The molecule has 9 nitrogen and oxygen atoms in total. The second kappa shape index (κ2) is 11.1. The molecule has 5 N–H and O–H groups in total. The van der Waals surface area contributed by atoms with E-state index in [1.807, 2.05) is 12.1 Å². The standard InChI is InChI=1S/C28H33ClFN7O2/c29-20-5-1-3-18-21(9-16-39-24(18)20)33-26(38)19-4-2-6-22(23(19)30)35-28(10-14-32-15-11-28)27-34-25(36-37-27)17-7-12-31-13-8-17/h1-6,17,21,31-32,35H,7-16H2,(H,33,38)(H,34,36,37)/t21-/m1/s1. The molecule has 1 aromatic heterocycles. The largest absolute Gasteiger partial charge is 0.492 e. The summed E-state index contributed by atoms with van der Waals surface area (Å²) in [5.74, 6) is 1.34. The summed E-state index contributed by atoms with van der Waals surface area (Å²) in [6.45, 7) is 3.83. The Bertz CT molecular complexity index is 1340. The van der Waals surface area contributed by atoms with Crippen LogP contribution in [-0.2, 0) is 5.54 Å². The van der Waals surface area contributed by atoms with Crippen LogP contribution in [0.3, 0.4) is 0 Å². The Morgan fingerprint density at radius 1 is 1.05 bits per heavy atom. The molecule has 0 unspecified atom stereocenters. The maximum absolute atomic E-state index is 15.9. The summed E-state index contributed by atoms with van der Waals surface area (Å²) in [5, 5.41) is 21.4. The van der Waals surface area contributed by atoms with Gasteiger partial charge in [0, 0.05) is 17.9 Å². The van der Waals surface area contributed by atoms with Crippen molar-refractivity contribution < 1.29 is 13.9 Å². The molecule has 3 aromatic rings.